The molecule has 0 aliphatic rings. The number of carbonyl (C=O) groups is 2. The molecule has 6 heteroatoms. The Hall–Kier alpha value is -2.47. The maximum Gasteiger partial charge on any atom is 0.307 e. The van der Waals surface area contributed by atoms with Crippen molar-refractivity contribution in [3.05, 3.63) is 59.7 Å². The molecule has 0 fully saturated rings. The molecular formula is C21H26N2O3S. The monoisotopic (exact) mass is 386 g/mol. The predicted octanol–water partition coefficient (Wildman–Crippen LogP) is 3.40. The van der Waals surface area contributed by atoms with Crippen LogP contribution in [0.5, 0.6) is 0 Å². The molecule has 0 aromatic heterocycles. The van der Waals surface area contributed by atoms with E-state index in [9.17, 15) is 9.59 Å². The molecule has 5 nitrogen and oxygen atoms in total. The van der Waals surface area contributed by atoms with E-state index in [-0.39, 0.29) is 24.9 Å². The molecular weight excluding hydrogens is 360 g/mol. The number of hydrogen-bond donors (Lipinski definition) is 1. The highest BCUT2D eigenvalue weighted by molar-refractivity contribution is 7.99. The van der Waals surface area contributed by atoms with E-state index in [1.54, 1.807) is 11.8 Å². The van der Waals surface area contributed by atoms with Crippen LogP contribution >= 0.6 is 11.8 Å². The average Bonchev–Trinajstić information content (AvgIpc) is 2.66. The lowest BCUT2D eigenvalue weighted by Gasteiger charge is -2.13. The Balaban J connectivity index is 1.61. The van der Waals surface area contributed by atoms with E-state index in [2.05, 4.69) is 5.32 Å². The Morgan fingerprint density at radius 3 is 2.33 bits per heavy atom. The molecule has 0 spiro atoms. The first kappa shape index (κ1) is 20.8. The summed E-state index contributed by atoms with van der Waals surface area (Å²) < 4.78 is 5.03. The minimum Gasteiger partial charge on any atom is -0.456 e. The molecule has 0 heterocycles. The van der Waals surface area contributed by atoms with Gasteiger partial charge in [0, 0.05) is 37.0 Å². The SMILES string of the molecule is Cc1ccc(SCCC(=O)OCC(=O)NCc2ccc(N(C)C)cc2)cc1. The van der Waals surface area contributed by atoms with Gasteiger partial charge in [-0.15, -0.1) is 11.8 Å². The number of esters is 1. The number of thioether (sulfide) groups is 1. The van der Waals surface area contributed by atoms with E-state index < -0.39 is 0 Å². The summed E-state index contributed by atoms with van der Waals surface area (Å²) in [5.41, 5.74) is 3.30. The molecule has 2 aromatic carbocycles. The lowest BCUT2D eigenvalue weighted by Crippen LogP contribution is -2.28. The van der Waals surface area contributed by atoms with Gasteiger partial charge in [-0.05, 0) is 36.8 Å². The number of nitrogens with zero attached hydrogens (tertiary/aromatic N) is 1. The lowest BCUT2D eigenvalue weighted by atomic mass is 10.2. The van der Waals surface area contributed by atoms with Gasteiger partial charge < -0.3 is 15.0 Å². The van der Waals surface area contributed by atoms with Crippen LogP contribution in [0.4, 0.5) is 5.69 Å². The molecule has 144 valence electrons. The van der Waals surface area contributed by atoms with Crippen molar-refractivity contribution in [3.63, 3.8) is 0 Å². The van der Waals surface area contributed by atoms with Gasteiger partial charge in [-0.3, -0.25) is 9.59 Å². The van der Waals surface area contributed by atoms with Crippen molar-refractivity contribution in [1.29, 1.82) is 0 Å². The Labute approximate surface area is 165 Å². The smallest absolute Gasteiger partial charge is 0.307 e. The number of amides is 1. The highest BCUT2D eigenvalue weighted by Crippen LogP contribution is 2.19. The Bertz CT molecular complexity index is 743. The van der Waals surface area contributed by atoms with Crippen molar-refractivity contribution < 1.29 is 14.3 Å². The zero-order chi connectivity index (χ0) is 19.6. The van der Waals surface area contributed by atoms with Crippen molar-refractivity contribution in [2.24, 2.45) is 0 Å². The van der Waals surface area contributed by atoms with Crippen LogP contribution in [0.2, 0.25) is 0 Å². The number of rotatable bonds is 9. The molecule has 0 aliphatic heterocycles. The maximum absolute atomic E-state index is 11.8. The second-order valence-electron chi connectivity index (χ2n) is 6.41. The zero-order valence-corrected chi connectivity index (χ0v) is 16.8. The van der Waals surface area contributed by atoms with E-state index in [1.165, 1.54) is 5.56 Å². The van der Waals surface area contributed by atoms with Crippen molar-refractivity contribution in [2.45, 2.75) is 24.8 Å². The van der Waals surface area contributed by atoms with Gasteiger partial charge in [0.2, 0.25) is 0 Å². The topological polar surface area (TPSA) is 58.6 Å². The van der Waals surface area contributed by atoms with Gasteiger partial charge in [-0.1, -0.05) is 29.8 Å². The number of hydrogen-bond acceptors (Lipinski definition) is 5. The molecule has 27 heavy (non-hydrogen) atoms. The van der Waals surface area contributed by atoms with Crippen LogP contribution in [-0.2, 0) is 20.9 Å². The Kier molecular flexibility index (Phi) is 8.20. The van der Waals surface area contributed by atoms with Crippen LogP contribution in [0.1, 0.15) is 17.5 Å². The van der Waals surface area contributed by atoms with Gasteiger partial charge in [-0.2, -0.15) is 0 Å². The highest BCUT2D eigenvalue weighted by atomic mass is 32.2. The largest absolute Gasteiger partial charge is 0.456 e. The average molecular weight is 387 g/mol. The van der Waals surface area contributed by atoms with Crippen LogP contribution in [0, 0.1) is 6.92 Å². The fraction of sp³-hybridized carbons (Fsp3) is 0.333. The van der Waals surface area contributed by atoms with Gasteiger partial charge in [-0.25, -0.2) is 0 Å². The van der Waals surface area contributed by atoms with E-state index in [0.717, 1.165) is 16.1 Å². The summed E-state index contributed by atoms with van der Waals surface area (Å²) in [6, 6.07) is 16.1. The molecule has 0 saturated heterocycles. The van der Waals surface area contributed by atoms with E-state index in [4.69, 9.17) is 4.74 Å². The number of ether oxygens (including phenoxy) is 1. The van der Waals surface area contributed by atoms with Crippen molar-refractivity contribution in [2.75, 3.05) is 31.4 Å². The van der Waals surface area contributed by atoms with Crippen LogP contribution in [0.15, 0.2) is 53.4 Å². The fourth-order valence-corrected chi connectivity index (χ4v) is 3.10. The zero-order valence-electron chi connectivity index (χ0n) is 16.0. The minimum atomic E-state index is -0.361. The van der Waals surface area contributed by atoms with Gasteiger partial charge in [0.1, 0.15) is 0 Å². The van der Waals surface area contributed by atoms with E-state index in [0.29, 0.717) is 12.3 Å². The first-order chi connectivity index (χ1) is 12.9. The van der Waals surface area contributed by atoms with Crippen LogP contribution in [0.25, 0.3) is 0 Å². The van der Waals surface area contributed by atoms with Gasteiger partial charge >= 0.3 is 5.97 Å². The van der Waals surface area contributed by atoms with Crippen LogP contribution in [-0.4, -0.2) is 38.3 Å². The Morgan fingerprint density at radius 1 is 1.04 bits per heavy atom. The molecule has 0 unspecified atom stereocenters. The van der Waals surface area contributed by atoms with Gasteiger partial charge in [0.25, 0.3) is 5.91 Å². The van der Waals surface area contributed by atoms with Gasteiger partial charge in [0.05, 0.1) is 6.42 Å². The molecule has 0 bridgehead atoms. The van der Waals surface area contributed by atoms with E-state index in [1.807, 2.05) is 74.4 Å². The van der Waals surface area contributed by atoms with Crippen LogP contribution in [0.3, 0.4) is 0 Å². The summed E-state index contributed by atoms with van der Waals surface area (Å²) >= 11 is 1.60. The summed E-state index contributed by atoms with van der Waals surface area (Å²) in [6.07, 6.45) is 0.276. The fourth-order valence-electron chi connectivity index (χ4n) is 2.27. The summed E-state index contributed by atoms with van der Waals surface area (Å²) in [5.74, 6) is -0.0341. The van der Waals surface area contributed by atoms with Crippen molar-refractivity contribution >= 4 is 29.3 Å². The molecule has 0 saturated carbocycles. The number of aryl methyl sites for hydroxylation is 1. The quantitative estimate of drug-likeness (QED) is 0.529. The third kappa shape index (κ3) is 7.74. The van der Waals surface area contributed by atoms with Crippen LogP contribution < -0.4 is 10.2 Å². The summed E-state index contributed by atoms with van der Waals surface area (Å²) in [6.45, 7) is 2.20. The first-order valence-corrected chi connectivity index (χ1v) is 9.80. The molecule has 1 amide bonds. The number of anilines is 1. The number of benzene rings is 2. The summed E-state index contributed by atoms with van der Waals surface area (Å²) in [5, 5.41) is 2.76. The number of nitrogens with one attached hydrogen (secondary N) is 1. The normalized spacial score (nSPS) is 10.3. The molecule has 1 N–H and O–H groups in total. The summed E-state index contributed by atoms with van der Waals surface area (Å²) in [7, 11) is 3.95. The molecule has 2 rings (SSSR count). The first-order valence-electron chi connectivity index (χ1n) is 8.82. The van der Waals surface area contributed by atoms with Crippen molar-refractivity contribution in [1.82, 2.24) is 5.32 Å². The second-order valence-corrected chi connectivity index (χ2v) is 7.58. The Morgan fingerprint density at radius 2 is 1.70 bits per heavy atom. The molecule has 0 aliphatic carbocycles. The number of carbonyl (C=O) groups excluding carboxylic acids is 2. The van der Waals surface area contributed by atoms with Gasteiger partial charge in [0.15, 0.2) is 6.61 Å². The third-order valence-electron chi connectivity index (χ3n) is 3.90. The van der Waals surface area contributed by atoms with Crippen molar-refractivity contribution in [3.8, 4) is 0 Å². The predicted molar refractivity (Wildman–Crippen MR) is 110 cm³/mol. The van der Waals surface area contributed by atoms with E-state index >= 15 is 0 Å². The minimum absolute atomic E-state index is 0.246. The standard InChI is InChI=1S/C21H26N2O3S/c1-16-4-10-19(11-5-16)27-13-12-21(25)26-15-20(24)22-14-17-6-8-18(9-7-17)23(2)3/h4-11H,12-15H2,1-3H3,(H,22,24). The summed E-state index contributed by atoms with van der Waals surface area (Å²) in [4.78, 5) is 26.7. The molecule has 0 radical (unpaired) electrons. The second kappa shape index (κ2) is 10.6. The molecule has 0 atom stereocenters. The maximum atomic E-state index is 11.8. The third-order valence-corrected chi connectivity index (χ3v) is 4.92. The highest BCUT2D eigenvalue weighted by Gasteiger charge is 2.08. The molecule has 2 aromatic rings. The lowest BCUT2D eigenvalue weighted by molar-refractivity contribution is -0.148.